The monoisotopic (exact) mass is 348 g/mol. The summed E-state index contributed by atoms with van der Waals surface area (Å²) < 4.78 is 53.9. The molecule has 0 aliphatic heterocycles. The Hall–Kier alpha value is -1.40. The van der Waals surface area contributed by atoms with E-state index in [0.29, 0.717) is 0 Å². The molecule has 1 unspecified atom stereocenters. The molecule has 2 aromatic carbocycles. The van der Waals surface area contributed by atoms with Gasteiger partial charge in [0.25, 0.3) is 0 Å². The maximum absolute atomic E-state index is 13.8. The van der Waals surface area contributed by atoms with Gasteiger partial charge in [0.15, 0.2) is 11.6 Å². The lowest BCUT2D eigenvalue weighted by Gasteiger charge is -2.14. The van der Waals surface area contributed by atoms with Crippen LogP contribution in [0.3, 0.4) is 0 Å². The van der Waals surface area contributed by atoms with Crippen molar-refractivity contribution in [2.24, 2.45) is 0 Å². The Morgan fingerprint density at radius 3 is 2.35 bits per heavy atom. The number of hydrogen-bond acceptors (Lipinski definition) is 1. The highest BCUT2D eigenvalue weighted by Crippen LogP contribution is 2.28. The molecule has 1 N–H and O–H groups in total. The summed E-state index contributed by atoms with van der Waals surface area (Å²) in [5, 5.41) is 9.86. The molecule has 106 valence electrons. The Morgan fingerprint density at radius 1 is 0.950 bits per heavy atom. The van der Waals surface area contributed by atoms with Gasteiger partial charge in [0.05, 0.1) is 10.6 Å². The van der Waals surface area contributed by atoms with Crippen molar-refractivity contribution >= 4 is 15.9 Å². The standard InChI is InChI=1S/C14H9BrF4O/c15-9-4-5-10(16)8(13(9)18)6-12(20)7-2-1-3-11(17)14(7)19/h1-5,12,20H,6H2. The molecular formula is C14H9BrF4O. The molecule has 0 amide bonds. The van der Waals surface area contributed by atoms with Crippen molar-refractivity contribution in [3.05, 3.63) is 69.2 Å². The minimum absolute atomic E-state index is 0.0285. The van der Waals surface area contributed by atoms with Gasteiger partial charge in [0, 0.05) is 17.5 Å². The van der Waals surface area contributed by atoms with E-state index < -0.39 is 41.4 Å². The quantitative estimate of drug-likeness (QED) is 0.648. The molecule has 20 heavy (non-hydrogen) atoms. The van der Waals surface area contributed by atoms with Crippen LogP contribution in [0, 0.1) is 23.3 Å². The van der Waals surface area contributed by atoms with E-state index >= 15 is 0 Å². The van der Waals surface area contributed by atoms with Gasteiger partial charge in [-0.05, 0) is 34.1 Å². The molecule has 0 aliphatic carbocycles. The Kier molecular flexibility index (Phi) is 4.45. The largest absolute Gasteiger partial charge is 0.388 e. The lowest BCUT2D eigenvalue weighted by atomic mass is 10.00. The zero-order chi connectivity index (χ0) is 14.9. The number of rotatable bonds is 3. The highest BCUT2D eigenvalue weighted by atomic mass is 79.9. The van der Waals surface area contributed by atoms with Crippen LogP contribution in [0.15, 0.2) is 34.8 Å². The summed E-state index contributed by atoms with van der Waals surface area (Å²) >= 11 is 2.90. The van der Waals surface area contributed by atoms with Crippen LogP contribution < -0.4 is 0 Å². The van der Waals surface area contributed by atoms with E-state index in [-0.39, 0.29) is 10.0 Å². The summed E-state index contributed by atoms with van der Waals surface area (Å²) in [6.07, 6.45) is -2.05. The van der Waals surface area contributed by atoms with Crippen LogP contribution in [-0.2, 0) is 6.42 Å². The second-order valence-electron chi connectivity index (χ2n) is 4.18. The second kappa shape index (κ2) is 5.93. The van der Waals surface area contributed by atoms with Crippen molar-refractivity contribution in [3.8, 4) is 0 Å². The van der Waals surface area contributed by atoms with Crippen LogP contribution >= 0.6 is 15.9 Å². The van der Waals surface area contributed by atoms with E-state index in [1.807, 2.05) is 0 Å². The highest BCUT2D eigenvalue weighted by molar-refractivity contribution is 9.10. The summed E-state index contributed by atoms with van der Waals surface area (Å²) in [5.74, 6) is -4.09. The maximum Gasteiger partial charge on any atom is 0.164 e. The number of benzene rings is 2. The summed E-state index contributed by atoms with van der Waals surface area (Å²) in [6.45, 7) is 0. The Bertz CT molecular complexity index is 645. The number of hydrogen-bond donors (Lipinski definition) is 1. The molecule has 1 atom stereocenters. The van der Waals surface area contributed by atoms with Gasteiger partial charge in [-0.3, -0.25) is 0 Å². The molecule has 1 nitrogen and oxygen atoms in total. The van der Waals surface area contributed by atoms with Crippen LogP contribution in [0.1, 0.15) is 17.2 Å². The average Bonchev–Trinajstić information content (AvgIpc) is 2.42. The minimum atomic E-state index is -1.55. The van der Waals surface area contributed by atoms with Gasteiger partial charge in [-0.15, -0.1) is 0 Å². The number of halogens is 5. The van der Waals surface area contributed by atoms with Crippen molar-refractivity contribution in [2.75, 3.05) is 0 Å². The SMILES string of the molecule is OC(Cc1c(F)ccc(Br)c1F)c1cccc(F)c1F. The van der Waals surface area contributed by atoms with Gasteiger partial charge >= 0.3 is 0 Å². The van der Waals surface area contributed by atoms with E-state index in [0.717, 1.165) is 18.2 Å². The first-order chi connectivity index (χ1) is 9.41. The third kappa shape index (κ3) is 2.86. The molecule has 0 spiro atoms. The third-order valence-corrected chi connectivity index (χ3v) is 3.49. The predicted molar refractivity (Wildman–Crippen MR) is 69.1 cm³/mol. The lowest BCUT2D eigenvalue weighted by Crippen LogP contribution is -2.09. The fraction of sp³-hybridized carbons (Fsp3) is 0.143. The van der Waals surface area contributed by atoms with Crippen molar-refractivity contribution < 1.29 is 22.7 Å². The van der Waals surface area contributed by atoms with E-state index in [1.54, 1.807) is 0 Å². The molecule has 2 rings (SSSR count). The second-order valence-corrected chi connectivity index (χ2v) is 5.04. The normalized spacial score (nSPS) is 12.5. The Labute approximate surface area is 121 Å². The minimum Gasteiger partial charge on any atom is -0.388 e. The lowest BCUT2D eigenvalue weighted by molar-refractivity contribution is 0.169. The van der Waals surface area contributed by atoms with Crippen LogP contribution in [0.5, 0.6) is 0 Å². The van der Waals surface area contributed by atoms with Gasteiger partial charge in [0.1, 0.15) is 11.6 Å². The van der Waals surface area contributed by atoms with Gasteiger partial charge in [0.2, 0.25) is 0 Å². The van der Waals surface area contributed by atoms with E-state index in [2.05, 4.69) is 15.9 Å². The molecule has 0 saturated carbocycles. The predicted octanol–water partition coefficient (Wildman–Crippen LogP) is 4.28. The highest BCUT2D eigenvalue weighted by Gasteiger charge is 2.21. The van der Waals surface area contributed by atoms with Crippen molar-refractivity contribution in [1.82, 2.24) is 0 Å². The summed E-state index contributed by atoms with van der Waals surface area (Å²) in [4.78, 5) is 0. The number of aliphatic hydroxyl groups is 1. The molecule has 0 saturated heterocycles. The fourth-order valence-corrected chi connectivity index (χ4v) is 2.21. The first-order valence-electron chi connectivity index (χ1n) is 5.66. The van der Waals surface area contributed by atoms with E-state index in [9.17, 15) is 22.7 Å². The third-order valence-electron chi connectivity index (χ3n) is 2.88. The van der Waals surface area contributed by atoms with E-state index in [1.165, 1.54) is 12.1 Å². The van der Waals surface area contributed by atoms with Gasteiger partial charge < -0.3 is 5.11 Å². The smallest absolute Gasteiger partial charge is 0.164 e. The first kappa shape index (κ1) is 15.0. The summed E-state index contributed by atoms with van der Waals surface area (Å²) in [7, 11) is 0. The zero-order valence-electron chi connectivity index (χ0n) is 10.0. The topological polar surface area (TPSA) is 20.2 Å². The fourth-order valence-electron chi connectivity index (χ4n) is 1.84. The van der Waals surface area contributed by atoms with Gasteiger partial charge in [-0.25, -0.2) is 17.6 Å². The van der Waals surface area contributed by atoms with Crippen LogP contribution in [-0.4, -0.2) is 5.11 Å². The van der Waals surface area contributed by atoms with Crippen molar-refractivity contribution in [1.29, 1.82) is 0 Å². The Morgan fingerprint density at radius 2 is 1.65 bits per heavy atom. The molecule has 0 heterocycles. The number of aliphatic hydroxyl groups excluding tert-OH is 1. The first-order valence-corrected chi connectivity index (χ1v) is 6.45. The molecule has 2 aromatic rings. The molecule has 0 radical (unpaired) electrons. The van der Waals surface area contributed by atoms with Crippen molar-refractivity contribution in [2.45, 2.75) is 12.5 Å². The van der Waals surface area contributed by atoms with E-state index in [4.69, 9.17) is 0 Å². The van der Waals surface area contributed by atoms with Crippen molar-refractivity contribution in [3.63, 3.8) is 0 Å². The molecule has 0 aromatic heterocycles. The summed E-state index contributed by atoms with van der Waals surface area (Å²) in [6, 6.07) is 5.48. The average molecular weight is 349 g/mol. The summed E-state index contributed by atoms with van der Waals surface area (Å²) in [5.41, 5.74) is -0.737. The molecule has 0 bridgehead atoms. The molecule has 6 heteroatoms. The zero-order valence-corrected chi connectivity index (χ0v) is 11.6. The molecular weight excluding hydrogens is 340 g/mol. The van der Waals surface area contributed by atoms with Gasteiger partial charge in [-0.1, -0.05) is 12.1 Å². The van der Waals surface area contributed by atoms with Crippen LogP contribution in [0.25, 0.3) is 0 Å². The molecule has 0 fully saturated rings. The van der Waals surface area contributed by atoms with Gasteiger partial charge in [-0.2, -0.15) is 0 Å². The molecule has 0 aliphatic rings. The van der Waals surface area contributed by atoms with Crippen LogP contribution in [0.2, 0.25) is 0 Å². The maximum atomic E-state index is 13.8. The Balaban J connectivity index is 2.35. The van der Waals surface area contributed by atoms with Crippen LogP contribution in [0.4, 0.5) is 17.6 Å².